The topological polar surface area (TPSA) is 19.7 Å². The van der Waals surface area contributed by atoms with Crippen molar-refractivity contribution < 1.29 is 0 Å². The van der Waals surface area contributed by atoms with E-state index in [0.29, 0.717) is 0 Å². The Morgan fingerprint density at radius 3 is 0.613 bits per heavy atom. The van der Waals surface area contributed by atoms with Crippen molar-refractivity contribution in [1.29, 1.82) is 0 Å². The lowest BCUT2D eigenvalue weighted by Gasteiger charge is -2.21. The lowest BCUT2D eigenvalue weighted by Crippen LogP contribution is -2.37. The van der Waals surface area contributed by atoms with Gasteiger partial charge in [-0.3, -0.25) is 0 Å². The first kappa shape index (κ1) is 50.5. The summed E-state index contributed by atoms with van der Waals surface area (Å²) < 4.78 is 10.3. The Hall–Kier alpha value is -7.73. The van der Waals surface area contributed by atoms with E-state index in [-0.39, 0.29) is 0 Å². The zero-order valence-corrected chi connectivity index (χ0v) is 52.4. The van der Waals surface area contributed by atoms with Crippen LogP contribution in [0.25, 0.3) is 121 Å². The highest BCUT2D eigenvalue weighted by molar-refractivity contribution is 6.90. The van der Waals surface area contributed by atoms with Crippen molar-refractivity contribution in [3.05, 3.63) is 206 Å². The lowest BCUT2D eigenvalue weighted by atomic mass is 10.0. The SMILES string of the molecule is C[Si](C)(C)c1ccc2c3ccccc3n(-c3cc(-c4cc(-n5c6ccccc6c6ccc([Si](C)(C)C)cc65)cc(-n5c6ccccc6c6ccc([Si](C)(C)C)cc65)c4)cc(-n4c5ccccc5c5ccc([Si](C)(C)C)cc54)c3)c2c1. The Kier molecular flexibility index (Phi) is 11.3. The average molecular weight is 1100 g/mol. The van der Waals surface area contributed by atoms with Gasteiger partial charge in [0.25, 0.3) is 0 Å². The molecule has 4 aromatic heterocycles. The number of para-hydroxylation sites is 4. The number of fused-ring (bicyclic) bond motifs is 12. The van der Waals surface area contributed by atoms with Crippen LogP contribution >= 0.6 is 0 Å². The minimum Gasteiger partial charge on any atom is -0.309 e. The van der Waals surface area contributed by atoms with Crippen molar-refractivity contribution in [1.82, 2.24) is 18.3 Å². The minimum absolute atomic E-state index is 1.14. The van der Waals surface area contributed by atoms with E-state index in [1.54, 1.807) is 0 Å². The molecular weight excluding hydrogens is 1030 g/mol. The minimum atomic E-state index is -1.71. The number of aromatic nitrogens is 4. The van der Waals surface area contributed by atoms with Gasteiger partial charge >= 0.3 is 0 Å². The summed E-state index contributed by atoms with van der Waals surface area (Å²) in [5.74, 6) is 0. The molecule has 0 aliphatic carbocycles. The van der Waals surface area contributed by atoms with E-state index in [1.807, 2.05) is 0 Å². The standard InChI is InChI=1S/C72H70N4Si4/c1-77(2,3)53-29-33-61-57-21-13-17-25-65(57)73(69(61)43-53)49-37-47(38-50(41-49)74-66-26-18-14-22-58(66)62-34-30-54(44-70(62)74)78(4,5)6)48-39-51(75-67-27-19-15-23-59(67)63-35-31-55(45-71(63)75)79(7,8)9)42-52(40-48)76-68-28-20-16-24-60(68)64-36-32-56(46-72(64)76)80(10,11)12/h13-46H,1-12H3. The van der Waals surface area contributed by atoms with Gasteiger partial charge in [-0.25, -0.2) is 0 Å². The highest BCUT2D eigenvalue weighted by atomic mass is 28.3. The molecule has 10 aromatic carbocycles. The number of hydrogen-bond acceptors (Lipinski definition) is 0. The van der Waals surface area contributed by atoms with Crippen LogP contribution in [-0.2, 0) is 0 Å². The number of hydrogen-bond donors (Lipinski definition) is 0. The van der Waals surface area contributed by atoms with E-state index in [4.69, 9.17) is 0 Å². The van der Waals surface area contributed by atoms with Gasteiger partial charge in [0.05, 0.1) is 76.4 Å². The van der Waals surface area contributed by atoms with Crippen LogP contribution in [0.15, 0.2) is 206 Å². The summed E-state index contributed by atoms with van der Waals surface area (Å²) >= 11 is 0. The van der Waals surface area contributed by atoms with Crippen molar-refractivity contribution in [2.75, 3.05) is 0 Å². The summed E-state index contributed by atoms with van der Waals surface area (Å²) in [4.78, 5) is 0. The summed E-state index contributed by atoms with van der Waals surface area (Å²) in [5, 5.41) is 16.0. The van der Waals surface area contributed by atoms with Crippen LogP contribution in [0.4, 0.5) is 0 Å². The molecule has 0 fully saturated rings. The highest BCUT2D eigenvalue weighted by Crippen LogP contribution is 2.42. The van der Waals surface area contributed by atoms with Crippen molar-refractivity contribution >= 4 is 140 Å². The van der Waals surface area contributed by atoms with Crippen LogP contribution in [0.5, 0.6) is 0 Å². The maximum Gasteiger partial charge on any atom is 0.0776 e. The van der Waals surface area contributed by atoms with Gasteiger partial charge < -0.3 is 18.3 Å². The predicted octanol–water partition coefficient (Wildman–Crippen LogP) is 17.9. The lowest BCUT2D eigenvalue weighted by molar-refractivity contribution is 1.13. The summed E-state index contributed by atoms with van der Waals surface area (Å²) in [5.41, 5.74) is 16.7. The molecule has 4 heterocycles. The third-order valence-electron chi connectivity index (χ3n) is 17.3. The zero-order chi connectivity index (χ0) is 55.4. The average Bonchev–Trinajstić information content (AvgIpc) is 4.38. The zero-order valence-electron chi connectivity index (χ0n) is 48.4. The monoisotopic (exact) mass is 1100 g/mol. The van der Waals surface area contributed by atoms with Crippen LogP contribution < -0.4 is 20.7 Å². The fraction of sp³-hybridized carbons (Fsp3) is 0.167. The fourth-order valence-electron chi connectivity index (χ4n) is 12.9. The Balaban J connectivity index is 1.15. The second-order valence-corrected chi connectivity index (χ2v) is 47.1. The predicted molar refractivity (Wildman–Crippen MR) is 361 cm³/mol. The number of nitrogens with zero attached hydrogens (tertiary/aromatic N) is 4. The van der Waals surface area contributed by atoms with Crippen molar-refractivity contribution in [2.45, 2.75) is 78.6 Å². The van der Waals surface area contributed by atoms with Crippen LogP contribution in [0.1, 0.15) is 0 Å². The summed E-state index contributed by atoms with van der Waals surface area (Å²) in [6.07, 6.45) is 0. The smallest absolute Gasteiger partial charge is 0.0776 e. The Bertz CT molecular complexity index is 4270. The van der Waals surface area contributed by atoms with E-state index in [2.05, 4.69) is 303 Å². The first-order valence-electron chi connectivity index (χ1n) is 28.7. The summed E-state index contributed by atoms with van der Waals surface area (Å²) in [6.45, 7) is 29.6. The normalized spacial score (nSPS) is 13.0. The third-order valence-corrected chi connectivity index (χ3v) is 25.5. The molecule has 14 rings (SSSR count). The molecule has 0 saturated carbocycles. The molecule has 0 unspecified atom stereocenters. The molecule has 0 radical (unpaired) electrons. The van der Waals surface area contributed by atoms with E-state index < -0.39 is 32.3 Å². The molecule has 394 valence electrons. The van der Waals surface area contributed by atoms with Gasteiger partial charge in [0.1, 0.15) is 0 Å². The van der Waals surface area contributed by atoms with E-state index in [1.165, 1.54) is 108 Å². The highest BCUT2D eigenvalue weighted by Gasteiger charge is 2.26. The number of rotatable bonds is 9. The van der Waals surface area contributed by atoms with Gasteiger partial charge in [-0.15, -0.1) is 0 Å². The molecule has 0 N–H and O–H groups in total. The molecule has 0 aliphatic rings. The first-order chi connectivity index (χ1) is 38.2. The van der Waals surface area contributed by atoms with E-state index in [9.17, 15) is 0 Å². The molecule has 0 saturated heterocycles. The molecule has 0 spiro atoms. The Morgan fingerprint density at radius 2 is 0.400 bits per heavy atom. The van der Waals surface area contributed by atoms with Gasteiger partial charge in [0, 0.05) is 65.8 Å². The first-order valence-corrected chi connectivity index (χ1v) is 42.7. The quantitative estimate of drug-likeness (QED) is 0.128. The van der Waals surface area contributed by atoms with Crippen LogP contribution in [-0.4, -0.2) is 50.6 Å². The van der Waals surface area contributed by atoms with Crippen LogP contribution in [0.2, 0.25) is 78.6 Å². The van der Waals surface area contributed by atoms with E-state index >= 15 is 0 Å². The molecule has 8 heteroatoms. The maximum atomic E-state index is 2.57. The molecule has 0 bridgehead atoms. The van der Waals surface area contributed by atoms with Gasteiger partial charge in [-0.2, -0.15) is 0 Å². The van der Waals surface area contributed by atoms with Crippen molar-refractivity contribution in [3.8, 4) is 33.9 Å². The molecule has 0 amide bonds. The van der Waals surface area contributed by atoms with Gasteiger partial charge in [-0.1, -0.05) is 221 Å². The molecule has 4 nitrogen and oxygen atoms in total. The van der Waals surface area contributed by atoms with Crippen LogP contribution in [0, 0.1) is 0 Å². The summed E-state index contributed by atoms with van der Waals surface area (Å²) in [7, 11) is -6.84. The van der Waals surface area contributed by atoms with Gasteiger partial charge in [0.2, 0.25) is 0 Å². The second-order valence-electron chi connectivity index (χ2n) is 26.8. The Labute approximate surface area is 474 Å². The molecule has 0 aliphatic heterocycles. The molecule has 80 heavy (non-hydrogen) atoms. The number of benzene rings is 10. The second kappa shape index (κ2) is 17.9. The third kappa shape index (κ3) is 8.08. The molecular formula is C72H70N4Si4. The summed E-state index contributed by atoms with van der Waals surface area (Å²) in [6, 6.07) is 80.3. The van der Waals surface area contributed by atoms with Crippen molar-refractivity contribution in [2.24, 2.45) is 0 Å². The van der Waals surface area contributed by atoms with Crippen molar-refractivity contribution in [3.63, 3.8) is 0 Å². The fourth-order valence-corrected chi connectivity index (χ4v) is 17.5. The van der Waals surface area contributed by atoms with Gasteiger partial charge in [0.15, 0.2) is 0 Å². The van der Waals surface area contributed by atoms with E-state index in [0.717, 1.165) is 33.9 Å². The van der Waals surface area contributed by atoms with Crippen LogP contribution in [0.3, 0.4) is 0 Å². The van der Waals surface area contributed by atoms with Gasteiger partial charge in [-0.05, 0) is 96.1 Å². The molecule has 0 atom stereocenters. The largest absolute Gasteiger partial charge is 0.309 e. The molecule has 14 aromatic rings. The maximum absolute atomic E-state index is 2.57. The Morgan fingerprint density at radius 1 is 0.200 bits per heavy atom.